The lowest BCUT2D eigenvalue weighted by molar-refractivity contribution is -0.642. The zero-order valence-electron chi connectivity index (χ0n) is 12.9. The summed E-state index contributed by atoms with van der Waals surface area (Å²) < 4.78 is 14.2. The van der Waals surface area contributed by atoms with Crippen molar-refractivity contribution in [3.63, 3.8) is 0 Å². The Morgan fingerprint density at radius 2 is 1.82 bits per heavy atom. The molecule has 0 saturated carbocycles. The number of rotatable bonds is 4. The molecule has 3 nitrogen and oxygen atoms in total. The predicted octanol–water partition coefficient (Wildman–Crippen LogP) is 3.91. The maximum atomic E-state index is 5.41. The highest BCUT2D eigenvalue weighted by Crippen LogP contribution is 2.27. The third kappa shape index (κ3) is 2.70. The van der Waals surface area contributed by atoms with Crippen molar-refractivity contribution in [3.05, 3.63) is 53.0 Å². The lowest BCUT2D eigenvalue weighted by Gasteiger charge is -2.06. The van der Waals surface area contributed by atoms with Crippen molar-refractivity contribution >= 4 is 33.7 Å². The fourth-order valence-corrected chi connectivity index (χ4v) is 3.45. The van der Waals surface area contributed by atoms with E-state index in [4.69, 9.17) is 9.47 Å². The van der Waals surface area contributed by atoms with Gasteiger partial charge in [-0.3, -0.25) is 0 Å². The number of nitrogens with zero attached hydrogens (tertiary/aromatic N) is 1. The van der Waals surface area contributed by atoms with E-state index in [0.29, 0.717) is 0 Å². The fraction of sp³-hybridized carbons (Fsp3) is 0.167. The molecule has 0 bridgehead atoms. The number of benzene rings is 2. The summed E-state index contributed by atoms with van der Waals surface area (Å²) in [5, 5.41) is 1.19. The van der Waals surface area contributed by atoms with Gasteiger partial charge in [-0.1, -0.05) is 23.5 Å². The maximum absolute atomic E-state index is 5.41. The van der Waals surface area contributed by atoms with Gasteiger partial charge in [0.15, 0.2) is 0 Å². The van der Waals surface area contributed by atoms with Crippen molar-refractivity contribution in [1.29, 1.82) is 0 Å². The Balaban J connectivity index is 2.00. The van der Waals surface area contributed by atoms with E-state index in [0.717, 1.165) is 17.1 Å². The largest absolute Gasteiger partial charge is 0.497 e. The topological polar surface area (TPSA) is 22.3 Å². The van der Waals surface area contributed by atoms with E-state index in [-0.39, 0.29) is 0 Å². The molecule has 112 valence electrons. The van der Waals surface area contributed by atoms with E-state index in [1.165, 1.54) is 15.2 Å². The summed E-state index contributed by atoms with van der Waals surface area (Å²) in [6, 6.07) is 14.2. The average molecular weight is 312 g/mol. The molecule has 1 heterocycles. The Hall–Kier alpha value is -2.33. The average Bonchev–Trinajstić information content (AvgIpc) is 2.89. The van der Waals surface area contributed by atoms with Crippen LogP contribution >= 0.6 is 11.3 Å². The Morgan fingerprint density at radius 3 is 2.55 bits per heavy atom. The molecule has 0 atom stereocenters. The van der Waals surface area contributed by atoms with Crippen LogP contribution in [-0.2, 0) is 7.05 Å². The van der Waals surface area contributed by atoms with Crippen molar-refractivity contribution in [2.24, 2.45) is 7.05 Å². The van der Waals surface area contributed by atoms with E-state index >= 15 is 0 Å². The van der Waals surface area contributed by atoms with Crippen molar-refractivity contribution in [2.75, 3.05) is 14.2 Å². The van der Waals surface area contributed by atoms with E-state index in [2.05, 4.69) is 48.0 Å². The Morgan fingerprint density at radius 1 is 1.00 bits per heavy atom. The van der Waals surface area contributed by atoms with Crippen molar-refractivity contribution in [1.82, 2.24) is 0 Å². The summed E-state index contributed by atoms with van der Waals surface area (Å²) in [7, 11) is 5.43. The number of hydrogen-bond donors (Lipinski definition) is 0. The Bertz CT molecular complexity index is 836. The number of thiazole rings is 1. The zero-order valence-corrected chi connectivity index (χ0v) is 13.7. The minimum absolute atomic E-state index is 0.821. The Kier molecular flexibility index (Phi) is 4.11. The molecule has 0 spiro atoms. The molecule has 1 aromatic heterocycles. The van der Waals surface area contributed by atoms with Crippen LogP contribution < -0.4 is 14.0 Å². The molecule has 22 heavy (non-hydrogen) atoms. The van der Waals surface area contributed by atoms with E-state index in [1.807, 2.05) is 18.2 Å². The number of fused-ring (bicyclic) bond motifs is 1. The summed E-state index contributed by atoms with van der Waals surface area (Å²) in [5.74, 6) is 1.65. The number of hydrogen-bond acceptors (Lipinski definition) is 3. The van der Waals surface area contributed by atoms with Crippen LogP contribution in [0.5, 0.6) is 11.5 Å². The zero-order chi connectivity index (χ0) is 15.5. The molecule has 2 aromatic carbocycles. The van der Waals surface area contributed by atoms with Crippen LogP contribution in [0.2, 0.25) is 0 Å². The third-order valence-electron chi connectivity index (χ3n) is 3.61. The SMILES string of the molecule is COc1ccc(OC)c(C=Cc2sc3ccccc3[n+]2C)c1. The van der Waals surface area contributed by atoms with Crippen LogP contribution in [0.25, 0.3) is 22.4 Å². The van der Waals surface area contributed by atoms with Gasteiger partial charge in [-0.15, -0.1) is 0 Å². The highest BCUT2D eigenvalue weighted by Gasteiger charge is 2.13. The van der Waals surface area contributed by atoms with Crippen molar-refractivity contribution in [3.8, 4) is 11.5 Å². The summed E-state index contributed by atoms with van der Waals surface area (Å²) in [6.45, 7) is 0. The molecule has 0 aliphatic heterocycles. The first-order valence-corrected chi connectivity index (χ1v) is 7.82. The van der Waals surface area contributed by atoms with Crippen molar-refractivity contribution < 1.29 is 14.0 Å². The standard InChI is InChI=1S/C18H18NO2S/c1-19-15-6-4-5-7-17(15)22-18(19)11-8-13-12-14(20-2)9-10-16(13)21-3/h4-12H,1-3H3/q+1. The van der Waals surface area contributed by atoms with Gasteiger partial charge in [0.1, 0.15) is 23.2 Å². The van der Waals surface area contributed by atoms with Gasteiger partial charge in [0.2, 0.25) is 5.52 Å². The first-order valence-electron chi connectivity index (χ1n) is 7.00. The number of para-hydroxylation sites is 1. The first-order chi connectivity index (χ1) is 10.7. The molecule has 0 unspecified atom stereocenters. The van der Waals surface area contributed by atoms with Crippen LogP contribution in [-0.4, -0.2) is 14.2 Å². The van der Waals surface area contributed by atoms with Gasteiger partial charge in [-0.2, -0.15) is 4.57 Å². The van der Waals surface area contributed by atoms with Gasteiger partial charge >= 0.3 is 0 Å². The highest BCUT2D eigenvalue weighted by molar-refractivity contribution is 7.18. The van der Waals surface area contributed by atoms with Crippen molar-refractivity contribution in [2.45, 2.75) is 0 Å². The van der Waals surface area contributed by atoms with Crippen LogP contribution in [0.4, 0.5) is 0 Å². The Labute approximate surface area is 134 Å². The molecule has 0 aliphatic carbocycles. The number of ether oxygens (including phenoxy) is 2. The van der Waals surface area contributed by atoms with Gasteiger partial charge < -0.3 is 9.47 Å². The quantitative estimate of drug-likeness (QED) is 0.681. The van der Waals surface area contributed by atoms with Crippen LogP contribution in [0.1, 0.15) is 10.6 Å². The second-order valence-electron chi connectivity index (χ2n) is 4.91. The number of aromatic nitrogens is 1. The molecular formula is C18H18NO2S+. The molecule has 3 aromatic rings. The maximum Gasteiger partial charge on any atom is 0.262 e. The summed E-state index contributed by atoms with van der Waals surface area (Å²) in [6.07, 6.45) is 4.17. The van der Waals surface area contributed by atoms with Gasteiger partial charge in [-0.05, 0) is 30.3 Å². The first kappa shape index (κ1) is 14.6. The van der Waals surface area contributed by atoms with Crippen LogP contribution in [0.15, 0.2) is 42.5 Å². The van der Waals surface area contributed by atoms with Gasteiger partial charge in [0.25, 0.3) is 5.01 Å². The van der Waals surface area contributed by atoms with Crippen LogP contribution in [0.3, 0.4) is 0 Å². The van der Waals surface area contributed by atoms with Gasteiger partial charge in [0, 0.05) is 17.7 Å². The highest BCUT2D eigenvalue weighted by atomic mass is 32.1. The van der Waals surface area contributed by atoms with E-state index < -0.39 is 0 Å². The molecule has 3 rings (SSSR count). The molecule has 0 saturated heterocycles. The summed E-state index contributed by atoms with van der Waals surface area (Å²) in [5.41, 5.74) is 2.24. The number of aryl methyl sites for hydroxylation is 1. The third-order valence-corrected chi connectivity index (χ3v) is 4.80. The second kappa shape index (κ2) is 6.20. The van der Waals surface area contributed by atoms with Crippen LogP contribution in [0, 0.1) is 0 Å². The summed E-state index contributed by atoms with van der Waals surface area (Å²) in [4.78, 5) is 0. The van der Waals surface area contributed by atoms with E-state index in [1.54, 1.807) is 25.6 Å². The van der Waals surface area contributed by atoms with E-state index in [9.17, 15) is 0 Å². The molecule has 0 radical (unpaired) electrons. The molecule has 0 amide bonds. The normalized spacial score (nSPS) is 11.2. The smallest absolute Gasteiger partial charge is 0.262 e. The molecule has 0 N–H and O–H groups in total. The second-order valence-corrected chi connectivity index (χ2v) is 5.97. The number of methoxy groups -OCH3 is 2. The molecule has 4 heteroatoms. The summed E-state index contributed by atoms with van der Waals surface area (Å²) >= 11 is 1.77. The molecule has 0 fully saturated rings. The van der Waals surface area contributed by atoms with Gasteiger partial charge in [0.05, 0.1) is 14.2 Å². The molecular weight excluding hydrogens is 294 g/mol. The lowest BCUT2D eigenvalue weighted by Crippen LogP contribution is -2.28. The molecule has 0 aliphatic rings. The van der Waals surface area contributed by atoms with Gasteiger partial charge in [-0.25, -0.2) is 0 Å². The minimum atomic E-state index is 0.821. The monoisotopic (exact) mass is 312 g/mol. The minimum Gasteiger partial charge on any atom is -0.497 e. The fourth-order valence-electron chi connectivity index (χ4n) is 2.40. The predicted molar refractivity (Wildman–Crippen MR) is 91.5 cm³/mol. The lowest BCUT2D eigenvalue weighted by atomic mass is 10.1.